The minimum Gasteiger partial charge on any atom is -0.475 e. The van der Waals surface area contributed by atoms with E-state index < -0.39 is 5.97 Å². The Kier molecular flexibility index (Phi) is 1.99. The summed E-state index contributed by atoms with van der Waals surface area (Å²) in [5.41, 5.74) is 0.361. The number of fused-ring (bicyclic) bond motifs is 1. The van der Waals surface area contributed by atoms with Crippen LogP contribution in [-0.2, 0) is 11.3 Å². The highest BCUT2D eigenvalue weighted by atomic mass is 79.9. The second kappa shape index (κ2) is 3.02. The molecular formula is C7H7BrN2O3. The molecule has 13 heavy (non-hydrogen) atoms. The lowest BCUT2D eigenvalue weighted by molar-refractivity contribution is 0.0596. The molecule has 0 aromatic carbocycles. The van der Waals surface area contributed by atoms with Gasteiger partial charge in [-0.05, 0) is 15.9 Å². The topological polar surface area (TPSA) is 53.3 Å². The number of hydrogen-bond donors (Lipinski definition) is 0. The van der Waals surface area contributed by atoms with Gasteiger partial charge in [0.2, 0.25) is 5.88 Å². The van der Waals surface area contributed by atoms with Gasteiger partial charge < -0.3 is 9.47 Å². The summed E-state index contributed by atoms with van der Waals surface area (Å²) in [4.78, 5) is 11.3. The summed E-state index contributed by atoms with van der Waals surface area (Å²) in [5, 5.41) is 4.07. The molecule has 0 saturated carbocycles. The monoisotopic (exact) mass is 246 g/mol. The molecule has 0 fully saturated rings. The highest BCUT2D eigenvalue weighted by Gasteiger charge is 2.27. The summed E-state index contributed by atoms with van der Waals surface area (Å²) in [6.45, 7) is 1.23. The number of halogens is 1. The summed E-state index contributed by atoms with van der Waals surface area (Å²) in [6, 6.07) is 0. The first-order valence-electron chi connectivity index (χ1n) is 3.71. The van der Waals surface area contributed by atoms with Crippen LogP contribution >= 0.6 is 15.9 Å². The number of carbonyl (C=O) groups excluding carboxylic acids is 1. The normalized spacial score (nSPS) is 13.7. The van der Waals surface area contributed by atoms with Gasteiger partial charge in [0.25, 0.3) is 0 Å². The predicted octanol–water partition coefficient (Wildman–Crippen LogP) is 0.825. The van der Waals surface area contributed by atoms with Gasteiger partial charge in [0.1, 0.15) is 11.2 Å². The zero-order valence-electron chi connectivity index (χ0n) is 6.91. The maximum absolute atomic E-state index is 11.3. The third-order valence-electron chi connectivity index (χ3n) is 1.79. The van der Waals surface area contributed by atoms with Gasteiger partial charge in [-0.3, -0.25) is 0 Å². The molecule has 0 amide bonds. The minimum absolute atomic E-state index is 0.361. The van der Waals surface area contributed by atoms with E-state index in [-0.39, 0.29) is 0 Å². The van der Waals surface area contributed by atoms with Crippen LogP contribution in [0.5, 0.6) is 5.88 Å². The molecule has 1 aliphatic rings. The largest absolute Gasteiger partial charge is 0.475 e. The number of nitrogens with zero attached hydrogens (tertiary/aromatic N) is 2. The van der Waals surface area contributed by atoms with E-state index >= 15 is 0 Å². The van der Waals surface area contributed by atoms with Crippen molar-refractivity contribution in [2.45, 2.75) is 6.54 Å². The van der Waals surface area contributed by atoms with Gasteiger partial charge in [-0.2, -0.15) is 5.10 Å². The Labute approximate surface area is 82.7 Å². The average molecular weight is 247 g/mol. The highest BCUT2D eigenvalue weighted by Crippen LogP contribution is 2.30. The number of rotatable bonds is 1. The number of ether oxygens (including phenoxy) is 2. The van der Waals surface area contributed by atoms with Crippen LogP contribution in [0.15, 0.2) is 4.60 Å². The molecule has 0 unspecified atom stereocenters. The van der Waals surface area contributed by atoms with Gasteiger partial charge in [-0.1, -0.05) is 0 Å². The summed E-state index contributed by atoms with van der Waals surface area (Å²) in [5.74, 6) is 0.0498. The molecule has 0 bridgehead atoms. The third kappa shape index (κ3) is 1.21. The smallest absolute Gasteiger partial charge is 0.346 e. The van der Waals surface area contributed by atoms with Crippen LogP contribution in [0.1, 0.15) is 10.4 Å². The van der Waals surface area contributed by atoms with Crippen molar-refractivity contribution in [3.63, 3.8) is 0 Å². The second-order valence-corrected chi connectivity index (χ2v) is 3.29. The first kappa shape index (κ1) is 8.55. The molecule has 1 aliphatic heterocycles. The zero-order valence-corrected chi connectivity index (χ0v) is 8.50. The van der Waals surface area contributed by atoms with E-state index in [1.54, 1.807) is 4.68 Å². The van der Waals surface area contributed by atoms with Crippen molar-refractivity contribution in [3.05, 3.63) is 10.2 Å². The Bertz CT molecular complexity index is 361. The van der Waals surface area contributed by atoms with Gasteiger partial charge in [0.15, 0.2) is 5.56 Å². The van der Waals surface area contributed by atoms with Crippen LogP contribution in [0, 0.1) is 0 Å². The van der Waals surface area contributed by atoms with Crippen molar-refractivity contribution in [2.24, 2.45) is 0 Å². The van der Waals surface area contributed by atoms with Gasteiger partial charge in [0.05, 0.1) is 13.7 Å². The van der Waals surface area contributed by atoms with E-state index in [0.29, 0.717) is 29.2 Å². The highest BCUT2D eigenvalue weighted by molar-refractivity contribution is 9.10. The summed E-state index contributed by atoms with van der Waals surface area (Å²) >= 11 is 3.17. The lowest BCUT2D eigenvalue weighted by atomic mass is 10.3. The van der Waals surface area contributed by atoms with Crippen molar-refractivity contribution in [3.8, 4) is 5.88 Å². The second-order valence-electron chi connectivity index (χ2n) is 2.53. The fourth-order valence-electron chi connectivity index (χ4n) is 1.22. The predicted molar refractivity (Wildman–Crippen MR) is 46.8 cm³/mol. The lowest BCUT2D eigenvalue weighted by Gasteiger charge is -1.98. The molecule has 1 aromatic heterocycles. The number of carbonyl (C=O) groups is 1. The Morgan fingerprint density at radius 3 is 3.23 bits per heavy atom. The first-order chi connectivity index (χ1) is 6.24. The van der Waals surface area contributed by atoms with E-state index in [1.165, 1.54) is 7.11 Å². The Balaban J connectivity index is 2.50. The quantitative estimate of drug-likeness (QED) is 0.689. The third-order valence-corrected chi connectivity index (χ3v) is 2.35. The molecule has 1 aromatic rings. The summed E-state index contributed by atoms with van der Waals surface area (Å²) < 4.78 is 11.9. The number of methoxy groups -OCH3 is 1. The minimum atomic E-state index is -0.435. The number of esters is 1. The summed E-state index contributed by atoms with van der Waals surface area (Å²) in [7, 11) is 1.33. The fourth-order valence-corrected chi connectivity index (χ4v) is 1.74. The standard InChI is InChI=1S/C7H7BrN2O3/c1-12-7(11)4-5(8)9-10-2-3-13-6(4)10/h2-3H2,1H3. The summed E-state index contributed by atoms with van der Waals surface area (Å²) in [6.07, 6.45) is 0. The van der Waals surface area contributed by atoms with Crippen molar-refractivity contribution >= 4 is 21.9 Å². The van der Waals surface area contributed by atoms with Crippen LogP contribution in [0.3, 0.4) is 0 Å². The number of hydrogen-bond acceptors (Lipinski definition) is 4. The van der Waals surface area contributed by atoms with E-state index in [9.17, 15) is 4.79 Å². The molecular weight excluding hydrogens is 240 g/mol. The van der Waals surface area contributed by atoms with Crippen LogP contribution in [0.2, 0.25) is 0 Å². The molecule has 2 heterocycles. The molecule has 5 nitrogen and oxygen atoms in total. The van der Waals surface area contributed by atoms with Crippen molar-refractivity contribution < 1.29 is 14.3 Å². The lowest BCUT2D eigenvalue weighted by Crippen LogP contribution is -2.03. The Hall–Kier alpha value is -1.04. The van der Waals surface area contributed by atoms with E-state index in [0.717, 1.165) is 0 Å². The maximum Gasteiger partial charge on any atom is 0.346 e. The van der Waals surface area contributed by atoms with Gasteiger partial charge in [-0.25, -0.2) is 9.48 Å². The Morgan fingerprint density at radius 1 is 1.77 bits per heavy atom. The maximum atomic E-state index is 11.3. The molecule has 70 valence electrons. The van der Waals surface area contributed by atoms with Crippen molar-refractivity contribution in [2.75, 3.05) is 13.7 Å². The van der Waals surface area contributed by atoms with Crippen LogP contribution in [-0.4, -0.2) is 29.5 Å². The van der Waals surface area contributed by atoms with E-state index in [1.807, 2.05) is 0 Å². The SMILES string of the molecule is COC(=O)c1c(Br)nn2c1OCC2. The van der Waals surface area contributed by atoms with Crippen LogP contribution in [0.4, 0.5) is 0 Å². The Morgan fingerprint density at radius 2 is 2.54 bits per heavy atom. The van der Waals surface area contributed by atoms with Crippen LogP contribution < -0.4 is 4.74 Å². The van der Waals surface area contributed by atoms with Crippen molar-refractivity contribution in [1.82, 2.24) is 9.78 Å². The molecule has 0 saturated heterocycles. The molecule has 0 N–H and O–H groups in total. The molecule has 0 spiro atoms. The number of aromatic nitrogens is 2. The molecule has 6 heteroatoms. The molecule has 0 atom stereocenters. The van der Waals surface area contributed by atoms with Gasteiger partial charge >= 0.3 is 5.97 Å². The van der Waals surface area contributed by atoms with Crippen LogP contribution in [0.25, 0.3) is 0 Å². The molecule has 0 aliphatic carbocycles. The van der Waals surface area contributed by atoms with Crippen molar-refractivity contribution in [1.29, 1.82) is 0 Å². The van der Waals surface area contributed by atoms with E-state index in [2.05, 4.69) is 25.8 Å². The van der Waals surface area contributed by atoms with E-state index in [4.69, 9.17) is 4.74 Å². The average Bonchev–Trinajstić information content (AvgIpc) is 2.62. The first-order valence-corrected chi connectivity index (χ1v) is 4.50. The molecule has 0 radical (unpaired) electrons. The molecule has 2 rings (SSSR count). The van der Waals surface area contributed by atoms with Gasteiger partial charge in [0, 0.05) is 0 Å². The fraction of sp³-hybridized carbons (Fsp3) is 0.429. The zero-order chi connectivity index (χ0) is 9.42. The van der Waals surface area contributed by atoms with Gasteiger partial charge in [-0.15, -0.1) is 0 Å².